The van der Waals surface area contributed by atoms with Crippen molar-refractivity contribution in [3.05, 3.63) is 0 Å². The first-order valence-corrected chi connectivity index (χ1v) is 1.40. The molecule has 0 rings (SSSR count). The normalized spacial score (nSPS) is 4.80. The highest BCUT2D eigenvalue weighted by Gasteiger charge is 1.39. The minimum absolute atomic E-state index is 0. The topological polar surface area (TPSA) is 39.8 Å². The molecule has 2 heteroatoms. The van der Waals surface area contributed by atoms with E-state index in [0.717, 1.165) is 7.11 Å². The lowest BCUT2D eigenvalue weighted by Gasteiger charge is -1.45. The average molecular weight is 76.1 g/mol. The maximum atomic E-state index is 8.93. The zero-order chi connectivity index (χ0) is 4.71. The summed E-state index contributed by atoms with van der Waals surface area (Å²) in [5.74, 6) is 0. The molecule has 2 radical (unpaired) electrons. The van der Waals surface area contributed by atoms with Gasteiger partial charge in [-0.1, -0.05) is 0 Å². The summed E-state index contributed by atoms with van der Waals surface area (Å²) < 4.78 is 0. The fourth-order valence-corrected chi connectivity index (χ4v) is 0. The molecular formula is C3H8O2. The lowest BCUT2D eigenvalue weighted by Crippen LogP contribution is -1.52. The molecular weight excluding hydrogens is 68.0 g/mol. The molecule has 0 unspecified atom stereocenters. The number of hydrogen-bond donors (Lipinski definition) is 0. The molecule has 0 spiro atoms. The van der Waals surface area contributed by atoms with Crippen LogP contribution in [-0.2, 0) is 10.2 Å². The SMILES string of the molecule is CC[O].C[O]. The summed E-state index contributed by atoms with van der Waals surface area (Å²) in [5, 5.41) is 17.2. The van der Waals surface area contributed by atoms with E-state index in [1.807, 2.05) is 0 Å². The van der Waals surface area contributed by atoms with Gasteiger partial charge in [0, 0.05) is 0 Å². The van der Waals surface area contributed by atoms with Crippen LogP contribution in [0.15, 0.2) is 0 Å². The molecule has 0 fully saturated rings. The molecule has 0 saturated carbocycles. The Morgan fingerprint density at radius 1 is 1.40 bits per heavy atom. The van der Waals surface area contributed by atoms with Gasteiger partial charge >= 0.3 is 0 Å². The highest BCUT2D eigenvalue weighted by Crippen LogP contribution is 1.33. The van der Waals surface area contributed by atoms with E-state index in [1.165, 1.54) is 0 Å². The van der Waals surface area contributed by atoms with Gasteiger partial charge in [0.15, 0.2) is 0 Å². The first-order valence-electron chi connectivity index (χ1n) is 1.40. The zero-order valence-corrected chi connectivity index (χ0v) is 3.52. The first-order chi connectivity index (χ1) is 2.41. The summed E-state index contributed by atoms with van der Waals surface area (Å²) in [6.07, 6.45) is 0. The van der Waals surface area contributed by atoms with Crippen molar-refractivity contribution in [2.24, 2.45) is 0 Å². The predicted molar refractivity (Wildman–Crippen MR) is 17.8 cm³/mol. The first kappa shape index (κ1) is 8.87. The van der Waals surface area contributed by atoms with Gasteiger partial charge in [-0.05, 0) is 6.92 Å². The summed E-state index contributed by atoms with van der Waals surface area (Å²) in [6.45, 7) is 1.57. The summed E-state index contributed by atoms with van der Waals surface area (Å²) in [7, 11) is 0.750. The average Bonchev–Trinajstić information content (AvgIpc) is 1.46. The van der Waals surface area contributed by atoms with Crippen LogP contribution in [-0.4, -0.2) is 13.7 Å². The predicted octanol–water partition coefficient (Wildman–Crippen LogP) is 0.484. The molecule has 32 valence electrons. The van der Waals surface area contributed by atoms with E-state index in [1.54, 1.807) is 6.92 Å². The van der Waals surface area contributed by atoms with Crippen molar-refractivity contribution < 1.29 is 10.2 Å². The Kier molecular flexibility index (Phi) is 70.0. The van der Waals surface area contributed by atoms with Gasteiger partial charge in [0.1, 0.15) is 0 Å². The quantitative estimate of drug-likeness (QED) is 0.402. The Balaban J connectivity index is 0. The van der Waals surface area contributed by atoms with E-state index >= 15 is 0 Å². The monoisotopic (exact) mass is 76.1 g/mol. The molecule has 0 aliphatic rings. The molecule has 0 aliphatic carbocycles. The third-order valence-electron chi connectivity index (χ3n) is 0. The maximum Gasteiger partial charge on any atom is 0.0794 e. The second-order valence-corrected chi connectivity index (χ2v) is 0.289. The second-order valence-electron chi connectivity index (χ2n) is 0.289. The highest BCUT2D eigenvalue weighted by molar-refractivity contribution is 3.83. The Bertz CT molecular complexity index is 4.85. The molecule has 0 aromatic heterocycles. The lowest BCUT2D eigenvalue weighted by atomic mass is 10.9. The van der Waals surface area contributed by atoms with Crippen molar-refractivity contribution in [2.75, 3.05) is 13.7 Å². The van der Waals surface area contributed by atoms with Gasteiger partial charge in [-0.15, -0.1) is 0 Å². The lowest BCUT2D eigenvalue weighted by molar-refractivity contribution is 0.212. The Morgan fingerprint density at radius 2 is 1.40 bits per heavy atom. The molecule has 0 saturated heterocycles. The summed E-state index contributed by atoms with van der Waals surface area (Å²) in [6, 6.07) is 0. The van der Waals surface area contributed by atoms with Gasteiger partial charge < -0.3 is 0 Å². The Labute approximate surface area is 32.1 Å². The van der Waals surface area contributed by atoms with Crippen LogP contribution in [0.3, 0.4) is 0 Å². The molecule has 0 bridgehead atoms. The van der Waals surface area contributed by atoms with Crippen molar-refractivity contribution in [3.63, 3.8) is 0 Å². The summed E-state index contributed by atoms with van der Waals surface area (Å²) in [4.78, 5) is 0. The van der Waals surface area contributed by atoms with Gasteiger partial charge in [-0.25, -0.2) is 10.2 Å². The van der Waals surface area contributed by atoms with E-state index in [4.69, 9.17) is 10.2 Å². The molecule has 0 heterocycles. The van der Waals surface area contributed by atoms with E-state index in [-0.39, 0.29) is 6.61 Å². The van der Waals surface area contributed by atoms with E-state index in [2.05, 4.69) is 0 Å². The highest BCUT2D eigenvalue weighted by atomic mass is 16.2. The molecule has 0 amide bonds. The van der Waals surface area contributed by atoms with Gasteiger partial charge in [-0.2, -0.15) is 0 Å². The molecule has 5 heavy (non-hydrogen) atoms. The second kappa shape index (κ2) is 39.5. The Hall–Kier alpha value is -0.0800. The summed E-state index contributed by atoms with van der Waals surface area (Å²) >= 11 is 0. The van der Waals surface area contributed by atoms with E-state index in [0.29, 0.717) is 0 Å². The molecule has 0 atom stereocenters. The van der Waals surface area contributed by atoms with Gasteiger partial charge in [0.05, 0.1) is 13.7 Å². The summed E-state index contributed by atoms with van der Waals surface area (Å²) in [5.41, 5.74) is 0. The van der Waals surface area contributed by atoms with Crippen molar-refractivity contribution in [1.82, 2.24) is 0 Å². The molecule has 2 nitrogen and oxygen atoms in total. The van der Waals surface area contributed by atoms with Crippen LogP contribution in [0.4, 0.5) is 0 Å². The van der Waals surface area contributed by atoms with Crippen LogP contribution in [0, 0.1) is 0 Å². The van der Waals surface area contributed by atoms with Crippen molar-refractivity contribution in [3.8, 4) is 0 Å². The third-order valence-corrected chi connectivity index (χ3v) is 0. The Morgan fingerprint density at radius 3 is 1.40 bits per heavy atom. The number of hydrogen-bond acceptors (Lipinski definition) is 0. The zero-order valence-electron chi connectivity index (χ0n) is 3.52. The molecule has 0 aliphatic heterocycles. The van der Waals surface area contributed by atoms with Crippen LogP contribution in [0.1, 0.15) is 6.92 Å². The van der Waals surface area contributed by atoms with Gasteiger partial charge in [0.2, 0.25) is 0 Å². The van der Waals surface area contributed by atoms with Crippen LogP contribution in [0.5, 0.6) is 0 Å². The molecule has 0 aromatic carbocycles. The minimum Gasteiger partial charge on any atom is -0.240 e. The van der Waals surface area contributed by atoms with Crippen molar-refractivity contribution in [2.45, 2.75) is 6.92 Å². The third kappa shape index (κ3) is 2260. The van der Waals surface area contributed by atoms with E-state index < -0.39 is 0 Å². The largest absolute Gasteiger partial charge is 0.240 e. The molecule has 0 N–H and O–H groups in total. The van der Waals surface area contributed by atoms with Crippen molar-refractivity contribution >= 4 is 0 Å². The van der Waals surface area contributed by atoms with Crippen LogP contribution >= 0.6 is 0 Å². The maximum absolute atomic E-state index is 8.93. The number of rotatable bonds is 0. The van der Waals surface area contributed by atoms with Crippen molar-refractivity contribution in [1.29, 1.82) is 0 Å². The smallest absolute Gasteiger partial charge is 0.0794 e. The van der Waals surface area contributed by atoms with Gasteiger partial charge in [0.25, 0.3) is 0 Å². The fraction of sp³-hybridized carbons (Fsp3) is 1.00. The van der Waals surface area contributed by atoms with E-state index in [9.17, 15) is 0 Å². The van der Waals surface area contributed by atoms with Crippen LogP contribution < -0.4 is 0 Å². The minimum atomic E-state index is 0. The van der Waals surface area contributed by atoms with Crippen LogP contribution in [0.2, 0.25) is 0 Å². The van der Waals surface area contributed by atoms with Crippen LogP contribution in [0.25, 0.3) is 0 Å². The van der Waals surface area contributed by atoms with Gasteiger partial charge in [-0.3, -0.25) is 0 Å². The fourth-order valence-electron chi connectivity index (χ4n) is 0. The molecule has 0 aromatic rings. The standard InChI is InChI=1S/C2H5O.CH3O/c1-2-3;1-2/h2H2,1H3;1H3.